The van der Waals surface area contributed by atoms with E-state index in [2.05, 4.69) is 4.98 Å². The average Bonchev–Trinajstić information content (AvgIpc) is 1.69. The van der Waals surface area contributed by atoms with Crippen molar-refractivity contribution < 1.29 is 59.4 Å². The molecule has 4 heteroatoms. The van der Waals surface area contributed by atoms with E-state index in [1.165, 1.54) is 5.69 Å². The molecule has 0 fully saturated rings. The Morgan fingerprint density at radius 2 is 1.80 bits per heavy atom. The zero-order chi connectivity index (χ0) is 5.11. The molecule has 1 N–H and O–H groups in total. The summed E-state index contributed by atoms with van der Waals surface area (Å²) >= 11 is 0. The van der Waals surface area contributed by atoms with Gasteiger partial charge in [0.2, 0.25) is 0 Å². The first-order valence-electron chi connectivity index (χ1n) is 2.33. The van der Waals surface area contributed by atoms with Crippen molar-refractivity contribution in [2.24, 2.45) is 0 Å². The SMILES string of the molecule is Cc1cccc[nH+]1.[Cl-].[Cl-].[Na+]. The Labute approximate surface area is 95.7 Å². The summed E-state index contributed by atoms with van der Waals surface area (Å²) in [5.41, 5.74) is 1.20. The van der Waals surface area contributed by atoms with E-state index < -0.39 is 0 Å². The Kier molecular flexibility index (Phi) is 16.5. The predicted molar refractivity (Wildman–Crippen MR) is 27.7 cm³/mol. The third kappa shape index (κ3) is 6.84. The van der Waals surface area contributed by atoms with Crippen LogP contribution in [0.5, 0.6) is 0 Å². The molecule has 0 aliphatic carbocycles. The molecule has 0 aromatic carbocycles. The summed E-state index contributed by atoms with van der Waals surface area (Å²) in [5.74, 6) is 0. The van der Waals surface area contributed by atoms with E-state index in [-0.39, 0.29) is 54.4 Å². The van der Waals surface area contributed by atoms with E-state index in [0.29, 0.717) is 0 Å². The quantitative estimate of drug-likeness (QED) is 0.359. The molecule has 0 amide bonds. The van der Waals surface area contributed by atoms with E-state index in [9.17, 15) is 0 Å². The molecule has 0 saturated carbocycles. The molecule has 52 valence electrons. The zero-order valence-corrected chi connectivity index (χ0v) is 9.58. The van der Waals surface area contributed by atoms with Crippen LogP contribution in [0.4, 0.5) is 0 Å². The van der Waals surface area contributed by atoms with Crippen molar-refractivity contribution in [3.63, 3.8) is 0 Å². The van der Waals surface area contributed by atoms with Gasteiger partial charge in [0.05, 0.1) is 0 Å². The van der Waals surface area contributed by atoms with Gasteiger partial charge in [-0.2, -0.15) is 0 Å². The summed E-state index contributed by atoms with van der Waals surface area (Å²) in [4.78, 5) is 3.03. The first-order valence-corrected chi connectivity index (χ1v) is 2.33. The summed E-state index contributed by atoms with van der Waals surface area (Å²) in [6.45, 7) is 2.03. The van der Waals surface area contributed by atoms with Crippen LogP contribution >= 0.6 is 0 Å². The van der Waals surface area contributed by atoms with E-state index in [1.807, 2.05) is 31.3 Å². The van der Waals surface area contributed by atoms with Crippen LogP contribution in [0.1, 0.15) is 5.69 Å². The smallest absolute Gasteiger partial charge is 1.00 e. The number of rotatable bonds is 0. The fourth-order valence-corrected chi connectivity index (χ4v) is 0.483. The fraction of sp³-hybridized carbons (Fsp3) is 0.167. The maximum absolute atomic E-state index is 3.03. The summed E-state index contributed by atoms with van der Waals surface area (Å²) in [6, 6.07) is 6.00. The van der Waals surface area contributed by atoms with Gasteiger partial charge in [0.15, 0.2) is 11.9 Å². The number of aryl methyl sites for hydroxylation is 1. The van der Waals surface area contributed by atoms with E-state index >= 15 is 0 Å². The number of hydrogen-bond donors (Lipinski definition) is 0. The van der Waals surface area contributed by atoms with Gasteiger partial charge in [0.25, 0.3) is 0 Å². The number of nitrogens with one attached hydrogen (secondary N) is 1. The molecule has 1 aromatic rings. The summed E-state index contributed by atoms with van der Waals surface area (Å²) in [5, 5.41) is 0. The van der Waals surface area contributed by atoms with Crippen molar-refractivity contribution >= 4 is 0 Å². The maximum Gasteiger partial charge on any atom is 1.00 e. The maximum atomic E-state index is 3.03. The van der Waals surface area contributed by atoms with Gasteiger partial charge in [-0.3, -0.25) is 0 Å². The Hall–Kier alpha value is 0.730. The normalized spacial score (nSPS) is 6.10. The number of hydrogen-bond acceptors (Lipinski definition) is 0. The monoisotopic (exact) mass is 187 g/mol. The molecule has 0 unspecified atom stereocenters. The Morgan fingerprint density at radius 3 is 2.00 bits per heavy atom. The summed E-state index contributed by atoms with van der Waals surface area (Å²) < 4.78 is 0. The van der Waals surface area contributed by atoms with Crippen molar-refractivity contribution in [3.05, 3.63) is 30.1 Å². The van der Waals surface area contributed by atoms with Crippen molar-refractivity contribution in [1.29, 1.82) is 0 Å². The molecule has 0 saturated heterocycles. The minimum Gasteiger partial charge on any atom is -1.00 e. The van der Waals surface area contributed by atoms with Crippen molar-refractivity contribution in [2.75, 3.05) is 0 Å². The van der Waals surface area contributed by atoms with Gasteiger partial charge in [-0.15, -0.1) is 0 Å². The van der Waals surface area contributed by atoms with Crippen LogP contribution in [-0.4, -0.2) is 0 Å². The number of halogens is 2. The molecule has 1 nitrogen and oxygen atoms in total. The Morgan fingerprint density at radius 1 is 1.20 bits per heavy atom. The van der Waals surface area contributed by atoms with Crippen molar-refractivity contribution in [1.82, 2.24) is 0 Å². The molecule has 0 bridgehead atoms. The second-order valence-electron chi connectivity index (χ2n) is 1.55. The van der Waals surface area contributed by atoms with E-state index in [0.717, 1.165) is 0 Å². The minimum absolute atomic E-state index is 0. The molecule has 1 aromatic heterocycles. The second kappa shape index (κ2) is 9.73. The van der Waals surface area contributed by atoms with Crippen LogP contribution in [0.3, 0.4) is 0 Å². The molecular weight excluding hydrogens is 180 g/mol. The Bertz CT molecular complexity index is 146. The van der Waals surface area contributed by atoms with Gasteiger partial charge in [-0.05, 0) is 0 Å². The number of aromatic nitrogens is 1. The van der Waals surface area contributed by atoms with Crippen LogP contribution < -0.4 is 59.4 Å². The van der Waals surface area contributed by atoms with E-state index in [4.69, 9.17) is 0 Å². The molecule has 0 radical (unpaired) electrons. The van der Waals surface area contributed by atoms with Crippen LogP contribution in [0.25, 0.3) is 0 Å². The van der Waals surface area contributed by atoms with Crippen LogP contribution in [0, 0.1) is 6.92 Å². The first kappa shape index (κ1) is 17.0. The molecule has 0 atom stereocenters. The number of H-pyrrole nitrogens is 1. The Balaban J connectivity index is -0.000000163. The first-order chi connectivity index (χ1) is 3.39. The molecule has 0 aliphatic rings. The standard InChI is InChI=1S/C6H7N.2ClH.Na/c1-6-4-2-3-5-7-6;;;/h2-5H,1H3;2*1H;/q;;;+1/p-1. The number of aromatic amines is 1. The van der Waals surface area contributed by atoms with Crippen molar-refractivity contribution in [3.8, 4) is 0 Å². The van der Waals surface area contributed by atoms with Gasteiger partial charge in [-0.25, -0.2) is 4.98 Å². The van der Waals surface area contributed by atoms with Crippen LogP contribution in [0.2, 0.25) is 0 Å². The predicted octanol–water partition coefficient (Wildman–Crippen LogP) is -8.18. The van der Waals surface area contributed by atoms with Gasteiger partial charge < -0.3 is 24.8 Å². The van der Waals surface area contributed by atoms with Gasteiger partial charge in [0.1, 0.15) is 0 Å². The van der Waals surface area contributed by atoms with Crippen LogP contribution in [0.15, 0.2) is 24.4 Å². The second-order valence-corrected chi connectivity index (χ2v) is 1.55. The summed E-state index contributed by atoms with van der Waals surface area (Å²) in [6.07, 6.45) is 1.91. The molecule has 0 aliphatic heterocycles. The van der Waals surface area contributed by atoms with E-state index in [1.54, 1.807) is 0 Å². The molecule has 1 rings (SSSR count). The zero-order valence-electron chi connectivity index (χ0n) is 6.07. The topological polar surface area (TPSA) is 14.1 Å². The fourth-order valence-electron chi connectivity index (χ4n) is 0.483. The molecular formula is C6H8Cl2NNa. The molecule has 1 heterocycles. The minimum atomic E-state index is 0. The largest absolute Gasteiger partial charge is 1.00 e. The van der Waals surface area contributed by atoms with Crippen molar-refractivity contribution in [2.45, 2.75) is 6.92 Å². The third-order valence-corrected chi connectivity index (χ3v) is 0.865. The number of pyridine rings is 1. The molecule has 10 heavy (non-hydrogen) atoms. The van der Waals surface area contributed by atoms with Gasteiger partial charge in [-0.1, -0.05) is 6.07 Å². The van der Waals surface area contributed by atoms with Gasteiger partial charge >= 0.3 is 29.6 Å². The summed E-state index contributed by atoms with van der Waals surface area (Å²) in [7, 11) is 0. The van der Waals surface area contributed by atoms with Gasteiger partial charge in [0, 0.05) is 19.1 Å². The third-order valence-electron chi connectivity index (χ3n) is 0.865. The molecule has 0 spiro atoms. The average molecular weight is 188 g/mol. The van der Waals surface area contributed by atoms with Crippen LogP contribution in [-0.2, 0) is 0 Å².